The number of thiophene rings is 1. The van der Waals surface area contributed by atoms with Crippen LogP contribution in [0.1, 0.15) is 57.9 Å². The Balaban J connectivity index is 1.67. The molecule has 0 saturated heterocycles. The number of benzene rings is 2. The maximum atomic E-state index is 14.4. The second-order valence-electron chi connectivity index (χ2n) is 7.54. The molecule has 0 radical (unpaired) electrons. The van der Waals surface area contributed by atoms with Crippen molar-refractivity contribution >= 4 is 17.3 Å². The van der Waals surface area contributed by atoms with Gasteiger partial charge in [-0.2, -0.15) is 0 Å². The molecule has 3 aromatic rings. The van der Waals surface area contributed by atoms with Gasteiger partial charge in [0.25, 0.3) is 0 Å². The zero-order chi connectivity index (χ0) is 21.3. The van der Waals surface area contributed by atoms with Gasteiger partial charge < -0.3 is 4.74 Å². The molecule has 0 spiro atoms. The van der Waals surface area contributed by atoms with E-state index in [9.17, 15) is 9.18 Å². The van der Waals surface area contributed by atoms with E-state index in [0.29, 0.717) is 6.42 Å². The van der Waals surface area contributed by atoms with Crippen LogP contribution in [0.5, 0.6) is 5.75 Å². The summed E-state index contributed by atoms with van der Waals surface area (Å²) < 4.78 is 19.5. The van der Waals surface area contributed by atoms with Crippen LogP contribution in [0.4, 0.5) is 4.39 Å². The molecule has 0 aliphatic carbocycles. The van der Waals surface area contributed by atoms with Crippen molar-refractivity contribution in [1.82, 2.24) is 0 Å². The van der Waals surface area contributed by atoms with E-state index in [1.165, 1.54) is 48.9 Å². The summed E-state index contributed by atoms with van der Waals surface area (Å²) >= 11 is 1.63. The molecule has 0 aliphatic rings. The predicted octanol–water partition coefficient (Wildman–Crippen LogP) is 8.05. The summed E-state index contributed by atoms with van der Waals surface area (Å²) in [6, 6.07) is 17.6. The SMILES string of the molecule is CCCCCCc1ccc(-c2ccc(-c3ccc(OC(=O)CCC)c(F)c3)s2)cc1. The van der Waals surface area contributed by atoms with Crippen molar-refractivity contribution in [2.24, 2.45) is 0 Å². The second-order valence-corrected chi connectivity index (χ2v) is 8.62. The van der Waals surface area contributed by atoms with Gasteiger partial charge in [0.05, 0.1) is 0 Å². The molecule has 2 nitrogen and oxygen atoms in total. The Morgan fingerprint density at radius 2 is 1.57 bits per heavy atom. The molecule has 1 heterocycles. The van der Waals surface area contributed by atoms with Crippen LogP contribution in [-0.2, 0) is 11.2 Å². The average molecular weight is 425 g/mol. The lowest BCUT2D eigenvalue weighted by Gasteiger charge is -2.06. The molecule has 0 saturated carbocycles. The maximum absolute atomic E-state index is 14.4. The zero-order valence-corrected chi connectivity index (χ0v) is 18.6. The molecule has 0 unspecified atom stereocenters. The van der Waals surface area contributed by atoms with E-state index in [2.05, 4.69) is 37.3 Å². The maximum Gasteiger partial charge on any atom is 0.311 e. The molecular formula is C26H29FO2S. The van der Waals surface area contributed by atoms with Gasteiger partial charge in [-0.15, -0.1) is 11.3 Å². The van der Waals surface area contributed by atoms with Crippen molar-refractivity contribution in [2.45, 2.75) is 58.8 Å². The van der Waals surface area contributed by atoms with Crippen LogP contribution in [-0.4, -0.2) is 5.97 Å². The molecule has 30 heavy (non-hydrogen) atoms. The first-order valence-electron chi connectivity index (χ1n) is 10.8. The Labute approximate surface area is 182 Å². The van der Waals surface area contributed by atoms with Gasteiger partial charge in [-0.1, -0.05) is 57.4 Å². The Hall–Kier alpha value is -2.46. The van der Waals surface area contributed by atoms with Crippen molar-refractivity contribution in [3.05, 3.63) is 66.0 Å². The van der Waals surface area contributed by atoms with Crippen molar-refractivity contribution in [3.8, 4) is 26.6 Å². The van der Waals surface area contributed by atoms with E-state index in [4.69, 9.17) is 4.74 Å². The van der Waals surface area contributed by atoms with Crippen LogP contribution < -0.4 is 4.74 Å². The van der Waals surface area contributed by atoms with E-state index in [-0.39, 0.29) is 12.2 Å². The van der Waals surface area contributed by atoms with Crippen LogP contribution in [0.3, 0.4) is 0 Å². The normalized spacial score (nSPS) is 10.9. The quantitative estimate of drug-likeness (QED) is 0.187. The molecule has 0 N–H and O–H groups in total. The average Bonchev–Trinajstić information content (AvgIpc) is 3.24. The molecule has 0 atom stereocenters. The van der Waals surface area contributed by atoms with Crippen LogP contribution in [0.25, 0.3) is 20.9 Å². The third-order valence-corrected chi connectivity index (χ3v) is 6.24. The molecule has 0 aliphatic heterocycles. The largest absolute Gasteiger partial charge is 0.423 e. The minimum absolute atomic E-state index is 0.0106. The van der Waals surface area contributed by atoms with Gasteiger partial charge in [0, 0.05) is 16.2 Å². The Morgan fingerprint density at radius 3 is 2.23 bits per heavy atom. The minimum Gasteiger partial charge on any atom is -0.423 e. The fourth-order valence-corrected chi connectivity index (χ4v) is 4.36. The Morgan fingerprint density at radius 1 is 0.867 bits per heavy atom. The molecule has 3 rings (SSSR count). The van der Waals surface area contributed by atoms with Crippen molar-refractivity contribution in [3.63, 3.8) is 0 Å². The molecule has 0 fully saturated rings. The van der Waals surface area contributed by atoms with Crippen LogP contribution in [0.15, 0.2) is 54.6 Å². The fraction of sp³-hybridized carbons (Fsp3) is 0.346. The summed E-state index contributed by atoms with van der Waals surface area (Å²) in [4.78, 5) is 13.7. The van der Waals surface area contributed by atoms with Gasteiger partial charge in [0.15, 0.2) is 11.6 Å². The number of ether oxygens (including phenoxy) is 1. The third-order valence-electron chi connectivity index (χ3n) is 5.06. The zero-order valence-electron chi connectivity index (χ0n) is 17.7. The van der Waals surface area contributed by atoms with Crippen molar-refractivity contribution in [2.75, 3.05) is 0 Å². The van der Waals surface area contributed by atoms with Crippen LogP contribution in [0, 0.1) is 5.82 Å². The van der Waals surface area contributed by atoms with Crippen LogP contribution >= 0.6 is 11.3 Å². The fourth-order valence-electron chi connectivity index (χ4n) is 3.35. The second kappa shape index (κ2) is 11.1. The molecular weight excluding hydrogens is 395 g/mol. The molecule has 0 bridgehead atoms. The van der Waals surface area contributed by atoms with Crippen LogP contribution in [0.2, 0.25) is 0 Å². The van der Waals surface area contributed by atoms with Gasteiger partial charge in [0.1, 0.15) is 0 Å². The van der Waals surface area contributed by atoms with Crippen molar-refractivity contribution < 1.29 is 13.9 Å². The van der Waals surface area contributed by atoms with Gasteiger partial charge in [-0.25, -0.2) is 4.39 Å². The van der Waals surface area contributed by atoms with Gasteiger partial charge >= 0.3 is 5.97 Å². The first-order chi connectivity index (χ1) is 14.6. The third kappa shape index (κ3) is 6.02. The topological polar surface area (TPSA) is 26.3 Å². The minimum atomic E-state index is -0.515. The summed E-state index contributed by atoms with van der Waals surface area (Å²) in [6.45, 7) is 4.12. The lowest BCUT2D eigenvalue weighted by atomic mass is 10.0. The predicted molar refractivity (Wildman–Crippen MR) is 124 cm³/mol. The highest BCUT2D eigenvalue weighted by molar-refractivity contribution is 7.18. The van der Waals surface area contributed by atoms with Gasteiger partial charge in [-0.05, 0) is 66.3 Å². The molecule has 2 aromatic carbocycles. The number of halogens is 1. The van der Waals surface area contributed by atoms with E-state index in [0.717, 1.165) is 21.7 Å². The number of aryl methyl sites for hydroxylation is 1. The monoisotopic (exact) mass is 424 g/mol. The smallest absolute Gasteiger partial charge is 0.311 e. The highest BCUT2D eigenvalue weighted by Gasteiger charge is 2.12. The molecule has 0 amide bonds. The van der Waals surface area contributed by atoms with E-state index in [1.54, 1.807) is 17.4 Å². The molecule has 4 heteroatoms. The summed E-state index contributed by atoms with van der Waals surface area (Å²) in [6.07, 6.45) is 7.19. The van der Waals surface area contributed by atoms with Crippen molar-refractivity contribution in [1.29, 1.82) is 0 Å². The highest BCUT2D eigenvalue weighted by Crippen LogP contribution is 2.36. The molecule has 158 valence electrons. The van der Waals surface area contributed by atoms with E-state index < -0.39 is 11.8 Å². The van der Waals surface area contributed by atoms with Gasteiger partial charge in [0.2, 0.25) is 0 Å². The lowest BCUT2D eigenvalue weighted by Crippen LogP contribution is -2.08. The first-order valence-corrected chi connectivity index (χ1v) is 11.6. The van der Waals surface area contributed by atoms with E-state index >= 15 is 0 Å². The number of esters is 1. The number of unbranched alkanes of at least 4 members (excludes halogenated alkanes) is 3. The highest BCUT2D eigenvalue weighted by atomic mass is 32.1. The summed E-state index contributed by atoms with van der Waals surface area (Å²) in [5.74, 6) is -0.931. The summed E-state index contributed by atoms with van der Waals surface area (Å²) in [5.41, 5.74) is 3.34. The number of carbonyl (C=O) groups is 1. The number of carbonyl (C=O) groups excluding carboxylic acids is 1. The Bertz CT molecular complexity index is 959. The number of hydrogen-bond donors (Lipinski definition) is 0. The molecule has 1 aromatic heterocycles. The number of hydrogen-bond acceptors (Lipinski definition) is 3. The summed E-state index contributed by atoms with van der Waals surface area (Å²) in [5, 5.41) is 0. The Kier molecular flexibility index (Phi) is 8.21. The standard InChI is InChI=1S/C26H29FO2S/c1-3-5-6-7-9-19-10-12-20(13-11-19)24-16-17-25(30-24)21-14-15-23(22(27)18-21)29-26(28)8-4-2/h10-18H,3-9H2,1-2H3. The lowest BCUT2D eigenvalue weighted by molar-refractivity contribution is -0.134. The number of rotatable bonds is 10. The summed E-state index contributed by atoms with van der Waals surface area (Å²) in [7, 11) is 0. The van der Waals surface area contributed by atoms with E-state index in [1.807, 2.05) is 13.0 Å². The first kappa shape index (κ1) is 22.2. The van der Waals surface area contributed by atoms with Gasteiger partial charge in [-0.3, -0.25) is 4.79 Å².